The van der Waals surface area contributed by atoms with Gasteiger partial charge in [-0.3, -0.25) is 4.79 Å². The Hall–Kier alpha value is -1.15. The fourth-order valence-corrected chi connectivity index (χ4v) is 2.75. The highest BCUT2D eigenvalue weighted by Gasteiger charge is 2.24. The molecule has 0 radical (unpaired) electrons. The van der Waals surface area contributed by atoms with Crippen molar-refractivity contribution in [3.8, 4) is 0 Å². The molecule has 1 aromatic rings. The summed E-state index contributed by atoms with van der Waals surface area (Å²) >= 11 is 5.94. The van der Waals surface area contributed by atoms with Crippen molar-refractivity contribution < 1.29 is 17.9 Å². The summed E-state index contributed by atoms with van der Waals surface area (Å²) in [5, 5.41) is 5.16. The molecule has 0 saturated heterocycles. The molecular formula is C12H17ClN2O4S. The molecule has 0 aromatic heterocycles. The van der Waals surface area contributed by atoms with Gasteiger partial charge in [-0.25, -0.2) is 13.6 Å². The largest absolute Gasteiger partial charge is 0.385 e. The van der Waals surface area contributed by atoms with Gasteiger partial charge in [-0.2, -0.15) is 0 Å². The van der Waals surface area contributed by atoms with Gasteiger partial charge in [0.1, 0.15) is 0 Å². The quantitative estimate of drug-likeness (QED) is 0.795. The molecule has 0 aliphatic rings. The first-order chi connectivity index (χ1) is 9.29. The Morgan fingerprint density at radius 3 is 2.65 bits per heavy atom. The molecule has 1 rings (SSSR count). The van der Waals surface area contributed by atoms with E-state index in [0.29, 0.717) is 19.6 Å². The molecule has 0 saturated carbocycles. The fraction of sp³-hybridized carbons (Fsp3) is 0.417. The Balaban J connectivity index is 3.10. The minimum Gasteiger partial charge on any atom is -0.385 e. The Labute approximate surface area is 123 Å². The highest BCUT2D eigenvalue weighted by atomic mass is 35.5. The van der Waals surface area contributed by atoms with Crippen LogP contribution >= 0.6 is 11.6 Å². The lowest BCUT2D eigenvalue weighted by Crippen LogP contribution is -2.30. The maximum atomic E-state index is 12.3. The zero-order valence-corrected chi connectivity index (χ0v) is 12.9. The van der Waals surface area contributed by atoms with Gasteiger partial charge in [-0.1, -0.05) is 17.7 Å². The number of nitrogens with two attached hydrogens (primary N) is 1. The fourth-order valence-electron chi connectivity index (χ4n) is 1.69. The van der Waals surface area contributed by atoms with Crippen molar-refractivity contribution in [1.29, 1.82) is 0 Å². The molecular weight excluding hydrogens is 304 g/mol. The van der Waals surface area contributed by atoms with E-state index in [0.717, 1.165) is 0 Å². The van der Waals surface area contributed by atoms with E-state index in [2.05, 4.69) is 0 Å². The molecule has 0 spiro atoms. The summed E-state index contributed by atoms with van der Waals surface area (Å²) in [4.78, 5) is 13.4. The maximum Gasteiger partial charge on any atom is 0.256 e. The number of amides is 1. The lowest BCUT2D eigenvalue weighted by Gasteiger charge is -2.19. The van der Waals surface area contributed by atoms with Crippen molar-refractivity contribution in [3.05, 3.63) is 28.8 Å². The predicted molar refractivity (Wildman–Crippen MR) is 76.3 cm³/mol. The third-order valence-electron chi connectivity index (χ3n) is 2.68. The van der Waals surface area contributed by atoms with Crippen molar-refractivity contribution >= 4 is 27.5 Å². The molecule has 8 heteroatoms. The van der Waals surface area contributed by atoms with Crippen LogP contribution in [-0.4, -0.2) is 46.5 Å². The zero-order valence-electron chi connectivity index (χ0n) is 11.3. The van der Waals surface area contributed by atoms with Gasteiger partial charge in [-0.05, 0) is 18.6 Å². The predicted octanol–water partition coefficient (Wildman–Crippen LogP) is 1.10. The van der Waals surface area contributed by atoms with Gasteiger partial charge >= 0.3 is 0 Å². The number of hydrogen-bond acceptors (Lipinski definition) is 4. The summed E-state index contributed by atoms with van der Waals surface area (Å²) < 4.78 is 27.9. The number of rotatable bonds is 6. The van der Waals surface area contributed by atoms with Crippen LogP contribution in [0.4, 0.5) is 0 Å². The summed E-state index contributed by atoms with van der Waals surface area (Å²) in [6.07, 6.45) is 0.633. The number of nitrogens with zero attached hydrogens (tertiary/aromatic N) is 1. The first kappa shape index (κ1) is 16.9. The van der Waals surface area contributed by atoms with Gasteiger partial charge in [0.05, 0.1) is 15.5 Å². The lowest BCUT2D eigenvalue weighted by atomic mass is 10.2. The van der Waals surface area contributed by atoms with Crippen LogP contribution in [0.3, 0.4) is 0 Å². The Morgan fingerprint density at radius 1 is 1.45 bits per heavy atom. The number of ether oxygens (including phenoxy) is 1. The summed E-state index contributed by atoms with van der Waals surface area (Å²) in [6, 6.07) is 4.15. The zero-order chi connectivity index (χ0) is 15.3. The Bertz CT molecular complexity index is 589. The number of benzene rings is 1. The number of sulfonamides is 1. The van der Waals surface area contributed by atoms with Gasteiger partial charge in [0.2, 0.25) is 10.0 Å². The molecule has 6 nitrogen and oxygen atoms in total. The van der Waals surface area contributed by atoms with E-state index in [-0.39, 0.29) is 15.5 Å². The smallest absolute Gasteiger partial charge is 0.256 e. The molecule has 0 atom stereocenters. The van der Waals surface area contributed by atoms with E-state index in [1.54, 1.807) is 14.2 Å². The second-order valence-corrected chi connectivity index (χ2v) is 6.17. The van der Waals surface area contributed by atoms with E-state index in [9.17, 15) is 13.2 Å². The minimum absolute atomic E-state index is 0.0557. The van der Waals surface area contributed by atoms with E-state index in [1.165, 1.54) is 23.1 Å². The van der Waals surface area contributed by atoms with E-state index in [1.807, 2.05) is 0 Å². The van der Waals surface area contributed by atoms with Gasteiger partial charge in [0.15, 0.2) is 0 Å². The van der Waals surface area contributed by atoms with Crippen molar-refractivity contribution in [2.75, 3.05) is 27.3 Å². The van der Waals surface area contributed by atoms with Crippen LogP contribution in [0.15, 0.2) is 23.1 Å². The molecule has 112 valence electrons. The Morgan fingerprint density at radius 2 is 2.10 bits per heavy atom. The van der Waals surface area contributed by atoms with Gasteiger partial charge in [0, 0.05) is 27.3 Å². The normalized spacial score (nSPS) is 11.4. The van der Waals surface area contributed by atoms with Crippen molar-refractivity contribution in [2.45, 2.75) is 11.3 Å². The molecule has 0 unspecified atom stereocenters. The minimum atomic E-state index is -4.02. The number of primary sulfonamides is 1. The van der Waals surface area contributed by atoms with Crippen molar-refractivity contribution in [1.82, 2.24) is 4.90 Å². The van der Waals surface area contributed by atoms with Crippen LogP contribution in [0.5, 0.6) is 0 Å². The van der Waals surface area contributed by atoms with Crippen LogP contribution in [0.2, 0.25) is 5.02 Å². The standard InChI is InChI=1S/C12H17ClN2O4S/c1-15(7-4-8-19-2)12(16)11-9(13)5-3-6-10(11)20(14,17)18/h3,5-6H,4,7-8H2,1-2H3,(H2,14,17,18). The van der Waals surface area contributed by atoms with Crippen LogP contribution < -0.4 is 5.14 Å². The molecule has 2 N–H and O–H groups in total. The monoisotopic (exact) mass is 320 g/mol. The number of methoxy groups -OCH3 is 1. The lowest BCUT2D eigenvalue weighted by molar-refractivity contribution is 0.0775. The van der Waals surface area contributed by atoms with Crippen molar-refractivity contribution in [2.24, 2.45) is 5.14 Å². The SMILES string of the molecule is COCCCN(C)C(=O)c1c(Cl)cccc1S(N)(=O)=O. The van der Waals surface area contributed by atoms with Gasteiger partial charge < -0.3 is 9.64 Å². The Kier molecular flexibility index (Phi) is 5.94. The highest BCUT2D eigenvalue weighted by molar-refractivity contribution is 7.89. The molecule has 0 aliphatic heterocycles. The topological polar surface area (TPSA) is 89.7 Å². The van der Waals surface area contributed by atoms with E-state index >= 15 is 0 Å². The maximum absolute atomic E-state index is 12.3. The number of halogens is 1. The number of hydrogen-bond donors (Lipinski definition) is 1. The van der Waals surface area contributed by atoms with Crippen LogP contribution in [0.25, 0.3) is 0 Å². The van der Waals surface area contributed by atoms with E-state index in [4.69, 9.17) is 21.5 Å². The van der Waals surface area contributed by atoms with Crippen LogP contribution in [-0.2, 0) is 14.8 Å². The molecule has 0 aliphatic carbocycles. The number of carbonyl (C=O) groups excluding carboxylic acids is 1. The summed E-state index contributed by atoms with van der Waals surface area (Å²) in [5.41, 5.74) is -0.100. The second-order valence-electron chi connectivity index (χ2n) is 4.23. The van der Waals surface area contributed by atoms with Gasteiger partial charge in [0.25, 0.3) is 5.91 Å². The molecule has 0 fully saturated rings. The average molecular weight is 321 g/mol. The molecule has 0 bridgehead atoms. The summed E-state index contributed by atoms with van der Waals surface area (Å²) in [6.45, 7) is 0.921. The third-order valence-corrected chi connectivity index (χ3v) is 3.95. The average Bonchev–Trinajstić information content (AvgIpc) is 2.36. The molecule has 20 heavy (non-hydrogen) atoms. The highest BCUT2D eigenvalue weighted by Crippen LogP contribution is 2.24. The molecule has 1 aromatic carbocycles. The first-order valence-corrected chi connectivity index (χ1v) is 7.77. The third kappa shape index (κ3) is 4.17. The van der Waals surface area contributed by atoms with E-state index < -0.39 is 15.9 Å². The van der Waals surface area contributed by atoms with Crippen molar-refractivity contribution in [3.63, 3.8) is 0 Å². The number of carbonyl (C=O) groups is 1. The summed E-state index contributed by atoms with van der Waals surface area (Å²) in [5.74, 6) is -0.490. The molecule has 1 amide bonds. The second kappa shape index (κ2) is 7.03. The first-order valence-electron chi connectivity index (χ1n) is 5.84. The summed E-state index contributed by atoms with van der Waals surface area (Å²) in [7, 11) is -0.888. The van der Waals surface area contributed by atoms with Crippen LogP contribution in [0.1, 0.15) is 16.8 Å². The molecule has 0 heterocycles. The van der Waals surface area contributed by atoms with Gasteiger partial charge in [-0.15, -0.1) is 0 Å². The van der Waals surface area contributed by atoms with Crippen LogP contribution in [0, 0.1) is 0 Å².